The standard InChI is InChI=1S/C22H22N6O.3C2HF3O2/c1-29-22-19(3-2-9-24-22)14-27-12-8-18(13-27)21-25-20-5-4-17(15-28(20)26-21)16-6-10-23-11-7-16;3*3-2(4,5)1(6)7/h2-7,9-11,15,18H,8,12-14H2,1H3;3*(H,6,7). The molecule has 0 saturated carbocycles. The van der Waals surface area contributed by atoms with E-state index in [-0.39, 0.29) is 0 Å². The van der Waals surface area contributed by atoms with E-state index in [2.05, 4.69) is 27.0 Å². The second-order valence-electron chi connectivity index (χ2n) is 9.73. The number of methoxy groups -OCH3 is 1. The van der Waals surface area contributed by atoms with Crippen molar-refractivity contribution in [1.29, 1.82) is 0 Å². The molecule has 0 radical (unpaired) electrons. The number of aliphatic carboxylic acids is 3. The van der Waals surface area contributed by atoms with Gasteiger partial charge in [-0.3, -0.25) is 9.88 Å². The van der Waals surface area contributed by atoms with E-state index in [0.717, 1.165) is 54.2 Å². The number of halogens is 9. The van der Waals surface area contributed by atoms with E-state index in [4.69, 9.17) is 44.5 Å². The quantitative estimate of drug-likeness (QED) is 0.232. The van der Waals surface area contributed by atoms with E-state index in [0.29, 0.717) is 11.8 Å². The van der Waals surface area contributed by atoms with Crippen LogP contribution in [-0.2, 0) is 20.9 Å². The van der Waals surface area contributed by atoms with Crippen LogP contribution < -0.4 is 4.74 Å². The van der Waals surface area contributed by atoms with Crippen molar-refractivity contribution in [3.05, 3.63) is 72.6 Å². The number of aromatic nitrogens is 5. The molecule has 1 aliphatic heterocycles. The molecule has 0 bridgehead atoms. The highest BCUT2D eigenvalue weighted by Gasteiger charge is 2.39. The van der Waals surface area contributed by atoms with Crippen LogP contribution in [0, 0.1) is 0 Å². The number of likely N-dealkylation sites (tertiary alicyclic amines) is 1. The molecule has 1 unspecified atom stereocenters. The maximum absolute atomic E-state index is 10.6. The highest BCUT2D eigenvalue weighted by molar-refractivity contribution is 5.73. The maximum atomic E-state index is 10.6. The molecule has 4 aromatic heterocycles. The van der Waals surface area contributed by atoms with Crippen LogP contribution in [0.3, 0.4) is 0 Å². The fourth-order valence-corrected chi connectivity index (χ4v) is 3.94. The summed E-state index contributed by atoms with van der Waals surface area (Å²) < 4.78 is 102. The summed E-state index contributed by atoms with van der Waals surface area (Å²) in [6.45, 7) is 2.78. The van der Waals surface area contributed by atoms with E-state index in [9.17, 15) is 39.5 Å². The van der Waals surface area contributed by atoms with Gasteiger partial charge in [0.15, 0.2) is 11.5 Å². The summed E-state index contributed by atoms with van der Waals surface area (Å²) in [5, 5.41) is 26.2. The van der Waals surface area contributed by atoms with Gasteiger partial charge in [0.2, 0.25) is 5.88 Å². The number of hydrogen-bond donors (Lipinski definition) is 3. The van der Waals surface area contributed by atoms with Crippen molar-refractivity contribution in [3.63, 3.8) is 0 Å². The summed E-state index contributed by atoms with van der Waals surface area (Å²) in [4.78, 5) is 42.3. The van der Waals surface area contributed by atoms with Crippen LogP contribution in [0.2, 0.25) is 0 Å². The summed E-state index contributed by atoms with van der Waals surface area (Å²) in [7, 11) is 1.67. The Morgan fingerprint density at radius 1 is 0.820 bits per heavy atom. The number of ether oxygens (including phenoxy) is 1. The van der Waals surface area contributed by atoms with E-state index < -0.39 is 36.4 Å². The van der Waals surface area contributed by atoms with Gasteiger partial charge in [-0.25, -0.2) is 28.9 Å². The summed E-state index contributed by atoms with van der Waals surface area (Å²) in [6, 6.07) is 12.1. The van der Waals surface area contributed by atoms with Crippen molar-refractivity contribution >= 4 is 23.6 Å². The monoisotopic (exact) mass is 728 g/mol. The SMILES string of the molecule is COc1ncccc1CN1CCC(c2nc3ccc(-c4ccncc4)cn3n2)C1.O=C(O)C(F)(F)F.O=C(O)C(F)(F)F.O=C(O)C(F)(F)F. The van der Waals surface area contributed by atoms with Crippen LogP contribution >= 0.6 is 0 Å². The van der Waals surface area contributed by atoms with Gasteiger partial charge >= 0.3 is 36.4 Å². The largest absolute Gasteiger partial charge is 0.490 e. The number of nitrogens with zero attached hydrogens (tertiary/aromatic N) is 6. The van der Waals surface area contributed by atoms with Crippen LogP contribution in [0.15, 0.2) is 61.2 Å². The zero-order chi connectivity index (χ0) is 37.9. The lowest BCUT2D eigenvalue weighted by Crippen LogP contribution is -2.21. The van der Waals surface area contributed by atoms with Gasteiger partial charge in [-0.05, 0) is 48.9 Å². The molecule has 0 spiro atoms. The Hall–Kier alpha value is -5.54. The Labute approximate surface area is 274 Å². The van der Waals surface area contributed by atoms with Gasteiger partial charge in [-0.15, -0.1) is 0 Å². The first-order chi connectivity index (χ1) is 23.1. The van der Waals surface area contributed by atoms with Crippen LogP contribution in [0.5, 0.6) is 5.88 Å². The molecule has 13 nitrogen and oxygen atoms in total. The van der Waals surface area contributed by atoms with Crippen molar-refractivity contribution in [2.24, 2.45) is 0 Å². The van der Waals surface area contributed by atoms with Gasteiger partial charge < -0.3 is 20.1 Å². The molecule has 0 aliphatic carbocycles. The van der Waals surface area contributed by atoms with Crippen molar-refractivity contribution in [2.75, 3.05) is 20.2 Å². The normalized spacial score (nSPS) is 14.6. The highest BCUT2D eigenvalue weighted by atomic mass is 19.4. The molecular formula is C28H25F9N6O7. The minimum Gasteiger partial charge on any atom is -0.481 e. The zero-order valence-corrected chi connectivity index (χ0v) is 25.2. The van der Waals surface area contributed by atoms with Crippen LogP contribution in [0.1, 0.15) is 23.7 Å². The second-order valence-corrected chi connectivity index (χ2v) is 9.73. The third kappa shape index (κ3) is 12.8. The second kappa shape index (κ2) is 17.2. The van der Waals surface area contributed by atoms with Gasteiger partial charge in [-0.2, -0.15) is 44.6 Å². The van der Waals surface area contributed by atoms with E-state index in [1.807, 2.05) is 35.0 Å². The fourth-order valence-electron chi connectivity index (χ4n) is 3.94. The molecule has 1 saturated heterocycles. The number of alkyl halides is 9. The molecule has 1 atom stereocenters. The van der Waals surface area contributed by atoms with Crippen molar-refractivity contribution in [3.8, 4) is 17.0 Å². The van der Waals surface area contributed by atoms with Crippen LogP contribution in [-0.4, -0.2) is 101 Å². The van der Waals surface area contributed by atoms with Crippen molar-refractivity contribution in [1.82, 2.24) is 29.5 Å². The minimum atomic E-state index is -5.08. The smallest absolute Gasteiger partial charge is 0.481 e. The first kappa shape index (κ1) is 40.6. The number of hydrogen-bond acceptors (Lipinski definition) is 9. The number of carboxylic acids is 3. The van der Waals surface area contributed by atoms with E-state index in [1.54, 1.807) is 25.7 Å². The Bertz CT molecular complexity index is 1680. The van der Waals surface area contributed by atoms with Crippen LogP contribution in [0.4, 0.5) is 39.5 Å². The van der Waals surface area contributed by atoms with Gasteiger partial charge in [0.25, 0.3) is 0 Å². The first-order valence-corrected chi connectivity index (χ1v) is 13.5. The minimum absolute atomic E-state index is 0.335. The number of pyridine rings is 3. The van der Waals surface area contributed by atoms with E-state index >= 15 is 0 Å². The Kier molecular flexibility index (Phi) is 14.0. The molecule has 50 heavy (non-hydrogen) atoms. The maximum Gasteiger partial charge on any atom is 0.490 e. The lowest BCUT2D eigenvalue weighted by Gasteiger charge is -2.16. The summed E-state index contributed by atoms with van der Waals surface area (Å²) >= 11 is 0. The number of carbonyl (C=O) groups is 3. The van der Waals surface area contributed by atoms with E-state index in [1.165, 1.54) is 0 Å². The number of carboxylic acid groups (broad SMARTS) is 3. The molecule has 3 N–H and O–H groups in total. The number of rotatable bonds is 5. The summed E-state index contributed by atoms with van der Waals surface area (Å²) in [5.41, 5.74) is 4.22. The van der Waals surface area contributed by atoms with Gasteiger partial charge in [0, 0.05) is 54.9 Å². The third-order valence-electron chi connectivity index (χ3n) is 6.16. The molecular weight excluding hydrogens is 703 g/mol. The molecule has 22 heteroatoms. The summed E-state index contributed by atoms with van der Waals surface area (Å²) in [6.07, 6.45) is -6.80. The number of fused-ring (bicyclic) bond motifs is 1. The molecule has 1 aliphatic rings. The fraction of sp³-hybridized carbons (Fsp3) is 0.321. The average Bonchev–Trinajstić information content (AvgIpc) is 3.68. The predicted molar refractivity (Wildman–Crippen MR) is 151 cm³/mol. The lowest BCUT2D eigenvalue weighted by molar-refractivity contribution is -0.193. The molecule has 1 fully saturated rings. The average molecular weight is 729 g/mol. The highest BCUT2D eigenvalue weighted by Crippen LogP contribution is 2.28. The van der Waals surface area contributed by atoms with Gasteiger partial charge in [0.05, 0.1) is 7.11 Å². The predicted octanol–water partition coefficient (Wildman–Crippen LogP) is 5.08. The molecule has 272 valence electrons. The Morgan fingerprint density at radius 2 is 1.36 bits per heavy atom. The topological polar surface area (TPSA) is 180 Å². The molecule has 5 rings (SSSR count). The zero-order valence-electron chi connectivity index (χ0n) is 25.2. The van der Waals surface area contributed by atoms with Crippen molar-refractivity contribution in [2.45, 2.75) is 37.4 Å². The Balaban J connectivity index is 0.000000338. The molecule has 0 amide bonds. The lowest BCUT2D eigenvalue weighted by atomic mass is 10.1. The third-order valence-corrected chi connectivity index (χ3v) is 6.16. The first-order valence-electron chi connectivity index (χ1n) is 13.5. The Morgan fingerprint density at radius 3 is 1.86 bits per heavy atom. The molecule has 0 aromatic carbocycles. The molecule has 5 heterocycles. The molecule has 4 aromatic rings. The van der Waals surface area contributed by atoms with Crippen LogP contribution in [0.25, 0.3) is 16.8 Å². The summed E-state index contributed by atoms with van der Waals surface area (Å²) in [5.74, 6) is -6.32. The van der Waals surface area contributed by atoms with Gasteiger partial charge in [0.1, 0.15) is 0 Å². The van der Waals surface area contributed by atoms with Gasteiger partial charge in [-0.1, -0.05) is 6.07 Å². The van der Waals surface area contributed by atoms with Crippen molar-refractivity contribution < 1.29 is 74.0 Å².